The zero-order chi connectivity index (χ0) is 42.1. The van der Waals surface area contributed by atoms with Gasteiger partial charge in [-0.15, -0.1) is 0 Å². The van der Waals surface area contributed by atoms with Crippen LogP contribution in [0, 0.1) is 0 Å². The summed E-state index contributed by atoms with van der Waals surface area (Å²) in [6.07, 6.45) is 1.55. The quantitative estimate of drug-likeness (QED) is 0.156. The minimum Gasteiger partial charge on any atom is -0.436 e. The largest absolute Gasteiger partial charge is 0.436 e. The van der Waals surface area contributed by atoms with Crippen LogP contribution >= 0.6 is 0 Å². The zero-order valence-corrected chi connectivity index (χ0v) is 33.9. The van der Waals surface area contributed by atoms with E-state index in [-0.39, 0.29) is 0 Å². The van der Waals surface area contributed by atoms with Gasteiger partial charge >= 0.3 is 0 Å². The van der Waals surface area contributed by atoms with Gasteiger partial charge in [-0.1, -0.05) is 103 Å². The van der Waals surface area contributed by atoms with Crippen molar-refractivity contribution in [2.24, 2.45) is 0 Å². The van der Waals surface area contributed by atoms with Gasteiger partial charge < -0.3 is 8.83 Å². The van der Waals surface area contributed by atoms with E-state index in [9.17, 15) is 0 Å². The third-order valence-electron chi connectivity index (χ3n) is 11.8. The van der Waals surface area contributed by atoms with Crippen molar-refractivity contribution in [3.63, 3.8) is 0 Å². The fraction of sp³-hybridized carbons (Fsp3) is 0. The summed E-state index contributed by atoms with van der Waals surface area (Å²) in [5, 5.41) is 1.89. The number of hydrogen-bond acceptors (Lipinski definition) is 8. The van der Waals surface area contributed by atoms with E-state index in [1.54, 1.807) is 6.33 Å². The van der Waals surface area contributed by atoms with Gasteiger partial charge in [0.25, 0.3) is 0 Å². The molecule has 300 valence electrons. The van der Waals surface area contributed by atoms with E-state index in [1.165, 1.54) is 0 Å². The van der Waals surface area contributed by atoms with Gasteiger partial charge in [0.1, 0.15) is 17.4 Å². The van der Waals surface area contributed by atoms with E-state index in [0.717, 1.165) is 82.9 Å². The molecule has 0 radical (unpaired) electrons. The summed E-state index contributed by atoms with van der Waals surface area (Å²) in [6.45, 7) is 0. The summed E-state index contributed by atoms with van der Waals surface area (Å²) in [7, 11) is 0. The average Bonchev–Trinajstić information content (AvgIpc) is 4.16. The molecule has 0 saturated carbocycles. The van der Waals surface area contributed by atoms with Crippen LogP contribution in [0.15, 0.2) is 203 Å². The van der Waals surface area contributed by atoms with Crippen LogP contribution in [0.3, 0.4) is 0 Å². The smallest absolute Gasteiger partial charge is 0.238 e. The molecule has 13 rings (SSSR count). The van der Waals surface area contributed by atoms with E-state index in [0.29, 0.717) is 40.5 Å². The summed E-state index contributed by atoms with van der Waals surface area (Å²) in [5.74, 6) is 2.54. The molecule has 0 amide bonds. The molecule has 5 heterocycles. The molecule has 8 aromatic carbocycles. The Kier molecular flexibility index (Phi) is 7.97. The van der Waals surface area contributed by atoms with Crippen LogP contribution in [0.5, 0.6) is 0 Å². The van der Waals surface area contributed by atoms with Crippen molar-refractivity contribution >= 4 is 55.0 Å². The first-order valence-corrected chi connectivity index (χ1v) is 20.9. The summed E-state index contributed by atoms with van der Waals surface area (Å²) < 4.78 is 17.1. The topological polar surface area (TPSA) is 113 Å². The Morgan fingerprint density at radius 3 is 1.48 bits per heavy atom. The maximum atomic E-state index is 6.49. The molecule has 10 nitrogen and oxygen atoms in total. The van der Waals surface area contributed by atoms with Gasteiger partial charge in [-0.25, -0.2) is 24.9 Å². The lowest BCUT2D eigenvalue weighted by molar-refractivity contribution is 0.619. The monoisotopic (exact) mass is 824 g/mol. The molecule has 64 heavy (non-hydrogen) atoms. The van der Waals surface area contributed by atoms with E-state index in [1.807, 2.05) is 109 Å². The van der Waals surface area contributed by atoms with Crippen LogP contribution in [0.25, 0.3) is 123 Å². The molecular weight excluding hydrogens is 793 g/mol. The van der Waals surface area contributed by atoms with Gasteiger partial charge in [-0.3, -0.25) is 9.13 Å². The minimum atomic E-state index is 0.441. The summed E-state index contributed by atoms with van der Waals surface area (Å²) in [6, 6.07) is 63.4. The van der Waals surface area contributed by atoms with Crippen molar-refractivity contribution in [1.82, 2.24) is 39.0 Å². The first-order valence-electron chi connectivity index (χ1n) is 20.9. The van der Waals surface area contributed by atoms with E-state index >= 15 is 0 Å². The molecule has 0 aliphatic carbocycles. The highest BCUT2D eigenvalue weighted by molar-refractivity contribution is 6.11. The molecule has 0 saturated heterocycles. The predicted molar refractivity (Wildman–Crippen MR) is 251 cm³/mol. The molecular formula is C54H32N8O2. The lowest BCUT2D eigenvalue weighted by atomic mass is 10.1. The number of para-hydroxylation sites is 3. The molecule has 10 heteroatoms. The number of oxazole rings is 2. The third kappa shape index (κ3) is 5.88. The first-order chi connectivity index (χ1) is 31.7. The number of benzene rings is 8. The second-order valence-electron chi connectivity index (χ2n) is 15.6. The molecule has 0 N–H and O–H groups in total. The van der Waals surface area contributed by atoms with Gasteiger partial charge in [-0.2, -0.15) is 4.98 Å². The number of aromatic nitrogens is 8. The fourth-order valence-corrected chi connectivity index (χ4v) is 8.74. The highest BCUT2D eigenvalue weighted by Gasteiger charge is 2.22. The van der Waals surface area contributed by atoms with Crippen molar-refractivity contribution in [3.8, 4) is 68.4 Å². The molecule has 13 aromatic rings. The van der Waals surface area contributed by atoms with Gasteiger partial charge in [-0.05, 0) is 107 Å². The van der Waals surface area contributed by atoms with Gasteiger partial charge in [0.15, 0.2) is 17.0 Å². The number of imidazole rings is 1. The van der Waals surface area contributed by atoms with Crippen molar-refractivity contribution in [2.45, 2.75) is 0 Å². The normalized spacial score (nSPS) is 11.8. The Morgan fingerprint density at radius 2 is 0.891 bits per heavy atom. The molecule has 0 fully saturated rings. The van der Waals surface area contributed by atoms with Crippen molar-refractivity contribution in [3.05, 3.63) is 194 Å². The van der Waals surface area contributed by atoms with Crippen LogP contribution in [0.4, 0.5) is 0 Å². The first kappa shape index (κ1) is 35.7. The second kappa shape index (κ2) is 14.3. The Hall–Kier alpha value is -9.02. The molecule has 0 aliphatic rings. The predicted octanol–water partition coefficient (Wildman–Crippen LogP) is 12.9. The van der Waals surface area contributed by atoms with Crippen LogP contribution < -0.4 is 0 Å². The van der Waals surface area contributed by atoms with Crippen molar-refractivity contribution < 1.29 is 8.83 Å². The van der Waals surface area contributed by atoms with Gasteiger partial charge in [0.2, 0.25) is 23.6 Å². The standard InChI is InChI=1S/C54H32N8O2/c1-4-12-33(13-5-1)35-20-24-43-48(30-35)63-52(58-43)37-22-26-45-40(28-37)41-29-38(53-59-44-25-21-36(31-49(44)64-53)34-14-6-2-7-15-34)23-27-46(41)62(45)54-56-32-55-50(60-54)51-57-42-18-10-11-19-47(42)61(51)39-16-8-3-9-17-39/h1-32H. The number of fused-ring (bicyclic) bond motifs is 6. The maximum Gasteiger partial charge on any atom is 0.238 e. The van der Waals surface area contributed by atoms with Crippen LogP contribution in [0.1, 0.15) is 0 Å². The molecule has 0 bridgehead atoms. The van der Waals surface area contributed by atoms with Gasteiger partial charge in [0, 0.05) is 27.6 Å². The highest BCUT2D eigenvalue weighted by atomic mass is 16.4. The lowest BCUT2D eigenvalue weighted by Crippen LogP contribution is -2.06. The van der Waals surface area contributed by atoms with Crippen LogP contribution in [0.2, 0.25) is 0 Å². The number of hydrogen-bond donors (Lipinski definition) is 0. The van der Waals surface area contributed by atoms with Crippen LogP contribution in [-0.4, -0.2) is 39.0 Å². The Morgan fingerprint density at radius 1 is 0.359 bits per heavy atom. The molecule has 0 aliphatic heterocycles. The summed E-state index contributed by atoms with van der Waals surface area (Å²) in [5.41, 5.74) is 13.5. The molecule has 0 spiro atoms. The fourth-order valence-electron chi connectivity index (χ4n) is 8.74. The Bertz CT molecular complexity index is 3730. The minimum absolute atomic E-state index is 0.441. The Balaban J connectivity index is 0.981. The number of nitrogens with zero attached hydrogens (tertiary/aromatic N) is 8. The van der Waals surface area contributed by atoms with Gasteiger partial charge in [0.05, 0.1) is 22.1 Å². The highest BCUT2D eigenvalue weighted by Crippen LogP contribution is 2.39. The molecule has 0 unspecified atom stereocenters. The maximum absolute atomic E-state index is 6.49. The molecule has 5 aromatic heterocycles. The summed E-state index contributed by atoms with van der Waals surface area (Å²) in [4.78, 5) is 29.6. The summed E-state index contributed by atoms with van der Waals surface area (Å²) >= 11 is 0. The lowest BCUT2D eigenvalue weighted by Gasteiger charge is -2.10. The van der Waals surface area contributed by atoms with E-state index < -0.39 is 0 Å². The molecule has 0 atom stereocenters. The Labute approximate surface area is 364 Å². The van der Waals surface area contributed by atoms with Crippen LogP contribution in [-0.2, 0) is 0 Å². The van der Waals surface area contributed by atoms with Crippen molar-refractivity contribution in [1.29, 1.82) is 0 Å². The van der Waals surface area contributed by atoms with E-state index in [4.69, 9.17) is 38.7 Å². The van der Waals surface area contributed by atoms with E-state index in [2.05, 4.69) is 88.0 Å². The number of rotatable bonds is 7. The second-order valence-corrected chi connectivity index (χ2v) is 15.6. The zero-order valence-electron chi connectivity index (χ0n) is 33.9. The SMILES string of the molecule is c1ccc(-c2ccc3nc(-c4ccc5c(c4)c4cc(-c6nc7ccc(-c8ccccc8)cc7o6)ccc4n5-c4ncnc(-c5nc6ccccc6n5-c5ccccc5)n4)oc3c2)cc1. The average molecular weight is 825 g/mol. The third-order valence-corrected chi connectivity index (χ3v) is 11.8. The van der Waals surface area contributed by atoms with Crippen molar-refractivity contribution in [2.75, 3.05) is 0 Å².